The Balaban J connectivity index is 1.74. The first-order chi connectivity index (χ1) is 16.4. The molecule has 2 N–H and O–H groups in total. The van der Waals surface area contributed by atoms with E-state index >= 15 is 0 Å². The molecule has 0 spiro atoms. The lowest BCUT2D eigenvalue weighted by molar-refractivity contribution is -0.115. The number of aryl methyl sites for hydroxylation is 2. The first-order valence-electron chi connectivity index (χ1n) is 11.0. The molecule has 0 fully saturated rings. The molecule has 0 atom stereocenters. The molecule has 3 rings (SSSR count). The normalized spacial score (nSPS) is 10.6. The van der Waals surface area contributed by atoms with Crippen molar-refractivity contribution in [2.45, 2.75) is 27.3 Å². The standard InChI is InChI=1S/C26H30N2O5S/c1-6-33-26(30)24-23(19-10-7-16(2)8-11-19)17(3)34-25(24)28-22(29)15-27-14-18-9-12-20(31-4)21(13-18)32-5/h7-13,27H,6,14-15H2,1-5H3,(H,28,29). The third-order valence-electron chi connectivity index (χ3n) is 5.22. The summed E-state index contributed by atoms with van der Waals surface area (Å²) in [7, 11) is 3.17. The molecule has 2 aromatic carbocycles. The minimum atomic E-state index is -0.448. The van der Waals surface area contributed by atoms with Crippen LogP contribution in [-0.2, 0) is 16.1 Å². The van der Waals surface area contributed by atoms with E-state index in [1.807, 2.05) is 56.3 Å². The summed E-state index contributed by atoms with van der Waals surface area (Å²) in [6, 6.07) is 13.5. The molecule has 1 aromatic heterocycles. The maximum atomic E-state index is 12.8. The van der Waals surface area contributed by atoms with Gasteiger partial charge in [0.25, 0.3) is 0 Å². The Morgan fingerprint density at radius 1 is 0.971 bits per heavy atom. The highest BCUT2D eigenvalue weighted by Crippen LogP contribution is 2.40. The van der Waals surface area contributed by atoms with Crippen LogP contribution in [0.2, 0.25) is 0 Å². The summed E-state index contributed by atoms with van der Waals surface area (Å²) in [5, 5.41) is 6.50. The largest absolute Gasteiger partial charge is 0.493 e. The number of hydrogen-bond donors (Lipinski definition) is 2. The third kappa shape index (κ3) is 5.95. The lowest BCUT2D eigenvalue weighted by atomic mass is 10.0. The fourth-order valence-corrected chi connectivity index (χ4v) is 4.66. The number of amides is 1. The molecule has 0 aliphatic heterocycles. The van der Waals surface area contributed by atoms with E-state index < -0.39 is 5.97 Å². The highest BCUT2D eigenvalue weighted by molar-refractivity contribution is 7.17. The van der Waals surface area contributed by atoms with Gasteiger partial charge in [-0.3, -0.25) is 4.79 Å². The minimum Gasteiger partial charge on any atom is -0.493 e. The van der Waals surface area contributed by atoms with Crippen LogP contribution in [0.5, 0.6) is 11.5 Å². The van der Waals surface area contributed by atoms with Crippen LogP contribution < -0.4 is 20.1 Å². The van der Waals surface area contributed by atoms with Gasteiger partial charge in [0.15, 0.2) is 11.5 Å². The lowest BCUT2D eigenvalue weighted by Crippen LogP contribution is -2.28. The second kappa shape index (κ2) is 11.7. The summed E-state index contributed by atoms with van der Waals surface area (Å²) in [5.41, 5.74) is 4.17. The highest BCUT2D eigenvalue weighted by atomic mass is 32.1. The Hall–Kier alpha value is -3.36. The van der Waals surface area contributed by atoms with E-state index in [1.54, 1.807) is 21.1 Å². The molecule has 0 saturated heterocycles. The fraction of sp³-hybridized carbons (Fsp3) is 0.308. The smallest absolute Gasteiger partial charge is 0.341 e. The van der Waals surface area contributed by atoms with Gasteiger partial charge in [-0.1, -0.05) is 35.9 Å². The van der Waals surface area contributed by atoms with Crippen molar-refractivity contribution in [1.29, 1.82) is 0 Å². The van der Waals surface area contributed by atoms with Gasteiger partial charge in [-0.2, -0.15) is 0 Å². The number of nitrogens with one attached hydrogen (secondary N) is 2. The summed E-state index contributed by atoms with van der Waals surface area (Å²) < 4.78 is 15.9. The predicted octanol–water partition coefficient (Wildman–Crippen LogP) is 4.95. The molecule has 0 bridgehead atoms. The van der Waals surface area contributed by atoms with Crippen molar-refractivity contribution in [2.75, 3.05) is 32.7 Å². The number of thiophene rings is 1. The molecule has 3 aromatic rings. The van der Waals surface area contributed by atoms with Gasteiger partial charge in [0, 0.05) is 17.0 Å². The zero-order valence-corrected chi connectivity index (χ0v) is 20.9. The van der Waals surface area contributed by atoms with E-state index in [9.17, 15) is 9.59 Å². The molecule has 180 valence electrons. The number of rotatable bonds is 10. The first-order valence-corrected chi connectivity index (χ1v) is 11.8. The molecule has 34 heavy (non-hydrogen) atoms. The quantitative estimate of drug-likeness (QED) is 0.398. The van der Waals surface area contributed by atoms with Gasteiger partial charge >= 0.3 is 5.97 Å². The van der Waals surface area contributed by atoms with Crippen molar-refractivity contribution in [3.8, 4) is 22.6 Å². The van der Waals surface area contributed by atoms with Gasteiger partial charge in [0.05, 0.1) is 27.4 Å². The van der Waals surface area contributed by atoms with E-state index in [0.717, 1.165) is 27.1 Å². The van der Waals surface area contributed by atoms with E-state index in [4.69, 9.17) is 14.2 Å². The summed E-state index contributed by atoms with van der Waals surface area (Å²) in [4.78, 5) is 26.5. The number of carbonyl (C=O) groups excluding carboxylic acids is 2. The van der Waals surface area contributed by atoms with Crippen molar-refractivity contribution in [3.63, 3.8) is 0 Å². The van der Waals surface area contributed by atoms with Crippen molar-refractivity contribution in [3.05, 3.63) is 64.0 Å². The molecular formula is C26H30N2O5S. The van der Waals surface area contributed by atoms with E-state index in [2.05, 4.69) is 10.6 Å². The monoisotopic (exact) mass is 482 g/mol. The second-order valence-electron chi connectivity index (χ2n) is 7.66. The summed E-state index contributed by atoms with van der Waals surface area (Å²) in [6.07, 6.45) is 0. The molecular weight excluding hydrogens is 452 g/mol. The number of hydrogen-bond acceptors (Lipinski definition) is 7. The van der Waals surface area contributed by atoms with E-state index in [1.165, 1.54) is 11.3 Å². The minimum absolute atomic E-state index is 0.0768. The molecule has 0 saturated carbocycles. The molecule has 0 unspecified atom stereocenters. The maximum absolute atomic E-state index is 12.8. The van der Waals surface area contributed by atoms with E-state index in [-0.39, 0.29) is 19.1 Å². The Kier molecular flexibility index (Phi) is 8.67. The van der Waals surface area contributed by atoms with Crippen LogP contribution in [0.4, 0.5) is 5.00 Å². The molecule has 8 heteroatoms. The molecule has 1 amide bonds. The summed E-state index contributed by atoms with van der Waals surface area (Å²) in [6.45, 7) is 6.51. The van der Waals surface area contributed by atoms with Crippen LogP contribution in [0.25, 0.3) is 11.1 Å². The van der Waals surface area contributed by atoms with Gasteiger partial charge in [0.1, 0.15) is 10.6 Å². The lowest BCUT2D eigenvalue weighted by Gasteiger charge is -2.11. The number of ether oxygens (including phenoxy) is 3. The molecule has 1 heterocycles. The predicted molar refractivity (Wildman–Crippen MR) is 135 cm³/mol. The van der Waals surface area contributed by atoms with Gasteiger partial charge in [0.2, 0.25) is 5.91 Å². The van der Waals surface area contributed by atoms with E-state index in [0.29, 0.717) is 28.6 Å². The van der Waals surface area contributed by atoms with Crippen molar-refractivity contribution < 1.29 is 23.8 Å². The molecule has 7 nitrogen and oxygen atoms in total. The van der Waals surface area contributed by atoms with Crippen LogP contribution >= 0.6 is 11.3 Å². The Bertz CT molecular complexity index is 1150. The average Bonchev–Trinajstić information content (AvgIpc) is 3.14. The molecule has 0 radical (unpaired) electrons. The topological polar surface area (TPSA) is 85.9 Å². The van der Waals surface area contributed by atoms with Crippen molar-refractivity contribution >= 4 is 28.2 Å². The number of methoxy groups -OCH3 is 2. The Morgan fingerprint density at radius 2 is 1.68 bits per heavy atom. The Morgan fingerprint density at radius 3 is 2.32 bits per heavy atom. The van der Waals surface area contributed by atoms with Crippen LogP contribution in [-0.4, -0.2) is 39.2 Å². The number of esters is 1. The number of benzene rings is 2. The summed E-state index contributed by atoms with van der Waals surface area (Å²) in [5.74, 6) is 0.578. The zero-order valence-electron chi connectivity index (χ0n) is 20.1. The van der Waals surface area contributed by atoms with Gasteiger partial charge in [-0.05, 0) is 44.0 Å². The van der Waals surface area contributed by atoms with Crippen LogP contribution in [0, 0.1) is 13.8 Å². The maximum Gasteiger partial charge on any atom is 0.341 e. The first kappa shape index (κ1) is 25.3. The second-order valence-corrected chi connectivity index (χ2v) is 8.89. The van der Waals surface area contributed by atoms with Crippen molar-refractivity contribution in [2.24, 2.45) is 0 Å². The SMILES string of the molecule is CCOC(=O)c1c(NC(=O)CNCc2ccc(OC)c(OC)c2)sc(C)c1-c1ccc(C)cc1. The van der Waals surface area contributed by atoms with Crippen LogP contribution in [0.15, 0.2) is 42.5 Å². The Labute approximate surface area is 204 Å². The fourth-order valence-electron chi connectivity index (χ4n) is 3.58. The van der Waals surface area contributed by atoms with Crippen LogP contribution in [0.1, 0.15) is 33.3 Å². The number of anilines is 1. The zero-order chi connectivity index (χ0) is 24.7. The summed E-state index contributed by atoms with van der Waals surface area (Å²) >= 11 is 1.37. The van der Waals surface area contributed by atoms with Crippen LogP contribution in [0.3, 0.4) is 0 Å². The number of carbonyl (C=O) groups is 2. The third-order valence-corrected chi connectivity index (χ3v) is 6.24. The molecule has 0 aliphatic carbocycles. The molecule has 0 aliphatic rings. The average molecular weight is 483 g/mol. The van der Waals surface area contributed by atoms with Gasteiger partial charge in [-0.25, -0.2) is 4.79 Å². The van der Waals surface area contributed by atoms with Gasteiger partial charge in [-0.15, -0.1) is 11.3 Å². The highest BCUT2D eigenvalue weighted by Gasteiger charge is 2.25. The van der Waals surface area contributed by atoms with Gasteiger partial charge < -0.3 is 24.8 Å². The van der Waals surface area contributed by atoms with Crippen molar-refractivity contribution in [1.82, 2.24) is 5.32 Å².